The lowest BCUT2D eigenvalue weighted by atomic mass is 9.81. The van der Waals surface area contributed by atoms with E-state index in [1.165, 1.54) is 17.7 Å². The Kier molecular flexibility index (Phi) is 6.44. The molecule has 26 heavy (non-hydrogen) atoms. The lowest BCUT2D eigenvalue weighted by Gasteiger charge is -2.31. The highest BCUT2D eigenvalue weighted by atomic mass is 19.1. The number of nitrogens with zero attached hydrogens (tertiary/aromatic N) is 1. The predicted octanol–water partition coefficient (Wildman–Crippen LogP) is 5.28. The van der Waals surface area contributed by atoms with Gasteiger partial charge in [-0.2, -0.15) is 5.26 Å². The van der Waals surface area contributed by atoms with Crippen LogP contribution in [0.1, 0.15) is 62.8 Å². The second-order valence-electron chi connectivity index (χ2n) is 7.56. The second-order valence-corrected chi connectivity index (χ2v) is 7.56. The SMILES string of the molecule is N#C/C=C/C1CCC(C(=O)OC2CCC(c3ccc(F)cc3)CC2)CC1. The summed E-state index contributed by atoms with van der Waals surface area (Å²) in [5.74, 6) is 0.626. The highest BCUT2D eigenvalue weighted by molar-refractivity contribution is 5.72. The fraction of sp³-hybridized carbons (Fsp3) is 0.545. The number of carbonyl (C=O) groups is 1. The molecule has 2 aliphatic rings. The van der Waals surface area contributed by atoms with Crippen molar-refractivity contribution in [3.05, 3.63) is 47.8 Å². The molecule has 0 aromatic heterocycles. The summed E-state index contributed by atoms with van der Waals surface area (Å²) in [5, 5.41) is 8.60. The van der Waals surface area contributed by atoms with Crippen molar-refractivity contribution in [2.45, 2.75) is 63.4 Å². The summed E-state index contributed by atoms with van der Waals surface area (Å²) < 4.78 is 18.8. The summed E-state index contributed by atoms with van der Waals surface area (Å²) in [5.41, 5.74) is 1.18. The third-order valence-electron chi connectivity index (χ3n) is 5.85. The molecule has 1 aromatic carbocycles. The van der Waals surface area contributed by atoms with Crippen molar-refractivity contribution in [2.24, 2.45) is 11.8 Å². The van der Waals surface area contributed by atoms with Crippen molar-refractivity contribution in [1.29, 1.82) is 5.26 Å². The summed E-state index contributed by atoms with van der Waals surface area (Å²) in [7, 11) is 0. The van der Waals surface area contributed by atoms with Crippen molar-refractivity contribution in [1.82, 2.24) is 0 Å². The maximum atomic E-state index is 13.0. The molecule has 0 heterocycles. The number of nitriles is 1. The molecule has 0 atom stereocenters. The van der Waals surface area contributed by atoms with Crippen LogP contribution >= 0.6 is 0 Å². The van der Waals surface area contributed by atoms with E-state index in [0.717, 1.165) is 51.4 Å². The van der Waals surface area contributed by atoms with Crippen LogP contribution in [0.2, 0.25) is 0 Å². The van der Waals surface area contributed by atoms with E-state index >= 15 is 0 Å². The molecule has 2 fully saturated rings. The van der Waals surface area contributed by atoms with Gasteiger partial charge in [-0.3, -0.25) is 4.79 Å². The topological polar surface area (TPSA) is 50.1 Å². The van der Waals surface area contributed by atoms with Crippen molar-refractivity contribution < 1.29 is 13.9 Å². The Hall–Kier alpha value is -2.15. The van der Waals surface area contributed by atoms with Gasteiger partial charge in [0.15, 0.2) is 0 Å². The zero-order valence-corrected chi connectivity index (χ0v) is 15.1. The first-order chi connectivity index (χ1) is 12.7. The van der Waals surface area contributed by atoms with E-state index in [4.69, 9.17) is 10.00 Å². The van der Waals surface area contributed by atoms with E-state index in [0.29, 0.717) is 11.8 Å². The second kappa shape index (κ2) is 8.98. The van der Waals surface area contributed by atoms with Crippen LogP contribution in [0.5, 0.6) is 0 Å². The molecular formula is C22H26FNO2. The number of hydrogen-bond acceptors (Lipinski definition) is 3. The normalized spacial score (nSPS) is 29.2. The molecule has 0 radical (unpaired) electrons. The van der Waals surface area contributed by atoms with Crippen LogP contribution in [0.3, 0.4) is 0 Å². The highest BCUT2D eigenvalue weighted by Crippen LogP contribution is 2.36. The minimum absolute atomic E-state index is 0.0107. The molecule has 4 heteroatoms. The van der Waals surface area contributed by atoms with Crippen LogP contribution < -0.4 is 0 Å². The Morgan fingerprint density at radius 2 is 1.69 bits per heavy atom. The summed E-state index contributed by atoms with van der Waals surface area (Å²) in [6.45, 7) is 0. The van der Waals surface area contributed by atoms with Crippen molar-refractivity contribution >= 4 is 5.97 Å². The number of rotatable bonds is 4. The zero-order valence-electron chi connectivity index (χ0n) is 15.1. The Bertz CT molecular complexity index is 660. The standard InChI is InChI=1S/C22H26FNO2/c23-20-11-7-17(8-12-20)18-9-13-21(14-10-18)26-22(25)19-5-3-16(4-6-19)2-1-15-24/h1-2,7-8,11-12,16,18-19,21H,3-6,9-10,13-14H2/b2-1+. The van der Waals surface area contributed by atoms with Gasteiger partial charge in [0.25, 0.3) is 0 Å². The van der Waals surface area contributed by atoms with Crippen LogP contribution in [-0.2, 0) is 9.53 Å². The van der Waals surface area contributed by atoms with E-state index in [1.54, 1.807) is 6.08 Å². The zero-order chi connectivity index (χ0) is 18.4. The number of benzene rings is 1. The molecule has 0 amide bonds. The molecule has 3 rings (SSSR count). The van der Waals surface area contributed by atoms with Crippen molar-refractivity contribution in [3.63, 3.8) is 0 Å². The van der Waals surface area contributed by atoms with Gasteiger partial charge < -0.3 is 4.74 Å². The first-order valence-electron chi connectivity index (χ1n) is 9.68. The first kappa shape index (κ1) is 18.6. The number of halogens is 1. The molecular weight excluding hydrogens is 329 g/mol. The van der Waals surface area contributed by atoms with E-state index in [1.807, 2.05) is 24.3 Å². The summed E-state index contributed by atoms with van der Waals surface area (Å²) in [6.07, 6.45) is 10.9. The molecule has 3 nitrogen and oxygen atoms in total. The number of allylic oxidation sites excluding steroid dienone is 2. The van der Waals surface area contributed by atoms with E-state index in [-0.39, 0.29) is 23.8 Å². The molecule has 0 aliphatic heterocycles. The van der Waals surface area contributed by atoms with E-state index in [2.05, 4.69) is 0 Å². The lowest BCUT2D eigenvalue weighted by molar-refractivity contribution is -0.157. The molecule has 0 bridgehead atoms. The fourth-order valence-electron chi connectivity index (χ4n) is 4.24. The van der Waals surface area contributed by atoms with E-state index < -0.39 is 0 Å². The quantitative estimate of drug-likeness (QED) is 0.545. The number of esters is 1. The summed E-state index contributed by atoms with van der Waals surface area (Å²) >= 11 is 0. The molecule has 0 saturated heterocycles. The van der Waals surface area contributed by atoms with Gasteiger partial charge in [0.1, 0.15) is 11.9 Å². The number of ether oxygens (including phenoxy) is 1. The van der Waals surface area contributed by atoms with Gasteiger partial charge in [0, 0.05) is 6.08 Å². The van der Waals surface area contributed by atoms with Gasteiger partial charge in [-0.1, -0.05) is 18.2 Å². The van der Waals surface area contributed by atoms with Crippen molar-refractivity contribution in [3.8, 4) is 6.07 Å². The van der Waals surface area contributed by atoms with Crippen LogP contribution in [0.15, 0.2) is 36.4 Å². The number of carbonyl (C=O) groups excluding carboxylic acids is 1. The first-order valence-corrected chi connectivity index (χ1v) is 9.68. The van der Waals surface area contributed by atoms with Crippen LogP contribution in [0.25, 0.3) is 0 Å². The number of hydrogen-bond donors (Lipinski definition) is 0. The van der Waals surface area contributed by atoms with Gasteiger partial charge in [-0.05, 0) is 80.9 Å². The van der Waals surface area contributed by atoms with Gasteiger partial charge in [-0.15, -0.1) is 0 Å². The molecule has 0 unspecified atom stereocenters. The van der Waals surface area contributed by atoms with E-state index in [9.17, 15) is 9.18 Å². The molecule has 1 aromatic rings. The van der Waals surface area contributed by atoms with Crippen molar-refractivity contribution in [2.75, 3.05) is 0 Å². The molecule has 138 valence electrons. The fourth-order valence-corrected chi connectivity index (χ4v) is 4.24. The smallest absolute Gasteiger partial charge is 0.309 e. The highest BCUT2D eigenvalue weighted by Gasteiger charge is 2.30. The van der Waals surface area contributed by atoms with Crippen LogP contribution in [0, 0.1) is 29.0 Å². The average Bonchev–Trinajstić information content (AvgIpc) is 2.68. The molecule has 0 spiro atoms. The van der Waals surface area contributed by atoms with Gasteiger partial charge in [0.05, 0.1) is 12.0 Å². The minimum Gasteiger partial charge on any atom is -0.462 e. The Balaban J connectivity index is 1.42. The minimum atomic E-state index is -0.200. The monoisotopic (exact) mass is 355 g/mol. The Labute approximate surface area is 154 Å². The van der Waals surface area contributed by atoms with Crippen LogP contribution in [-0.4, -0.2) is 12.1 Å². The Morgan fingerprint density at radius 3 is 2.31 bits per heavy atom. The molecule has 0 N–H and O–H groups in total. The third-order valence-corrected chi connectivity index (χ3v) is 5.85. The molecule has 2 aliphatic carbocycles. The lowest BCUT2D eigenvalue weighted by Crippen LogP contribution is -2.29. The predicted molar refractivity (Wildman–Crippen MR) is 97.7 cm³/mol. The average molecular weight is 355 g/mol. The summed E-state index contributed by atoms with van der Waals surface area (Å²) in [4.78, 5) is 12.4. The van der Waals surface area contributed by atoms with Gasteiger partial charge >= 0.3 is 5.97 Å². The third kappa shape index (κ3) is 4.94. The maximum Gasteiger partial charge on any atom is 0.309 e. The largest absolute Gasteiger partial charge is 0.462 e. The van der Waals surface area contributed by atoms with Gasteiger partial charge in [-0.25, -0.2) is 4.39 Å². The van der Waals surface area contributed by atoms with Crippen LogP contribution in [0.4, 0.5) is 4.39 Å². The summed E-state index contributed by atoms with van der Waals surface area (Å²) in [6, 6.07) is 8.80. The maximum absolute atomic E-state index is 13.0. The Morgan fingerprint density at radius 1 is 1.04 bits per heavy atom. The molecule has 2 saturated carbocycles. The van der Waals surface area contributed by atoms with Gasteiger partial charge in [0.2, 0.25) is 0 Å².